The fourth-order valence-electron chi connectivity index (χ4n) is 1.17. The van der Waals surface area contributed by atoms with E-state index in [1.807, 2.05) is 11.4 Å². The predicted molar refractivity (Wildman–Crippen MR) is 70.6 cm³/mol. The van der Waals surface area contributed by atoms with Crippen LogP contribution in [0.3, 0.4) is 0 Å². The summed E-state index contributed by atoms with van der Waals surface area (Å²) in [4.78, 5) is 24.1. The van der Waals surface area contributed by atoms with E-state index in [2.05, 4.69) is 21.2 Å². The smallest absolute Gasteiger partial charge is 0.242 e. The zero-order chi connectivity index (χ0) is 12.8. The lowest BCUT2D eigenvalue weighted by Gasteiger charge is -2.16. The van der Waals surface area contributed by atoms with Crippen molar-refractivity contribution in [1.29, 1.82) is 0 Å². The number of carbonyl (C=O) groups is 2. The fourth-order valence-corrected chi connectivity index (χ4v) is 2.37. The molecular weight excluding hydrogens is 306 g/mol. The molecule has 1 heterocycles. The van der Waals surface area contributed by atoms with Crippen molar-refractivity contribution < 1.29 is 9.59 Å². The van der Waals surface area contributed by atoms with Crippen LogP contribution >= 0.6 is 27.3 Å². The van der Waals surface area contributed by atoms with E-state index in [1.54, 1.807) is 23.3 Å². The fraction of sp³-hybridized carbons (Fsp3) is 0.400. The first-order valence-electron chi connectivity index (χ1n) is 4.96. The van der Waals surface area contributed by atoms with E-state index < -0.39 is 0 Å². The lowest BCUT2D eigenvalue weighted by molar-refractivity contribution is -0.131. The lowest BCUT2D eigenvalue weighted by Crippen LogP contribution is -2.40. The SMILES string of the molecule is CN(Cc1csc(Br)c1)C(=O)CNC(=O)CN. The van der Waals surface area contributed by atoms with Gasteiger partial charge in [0.2, 0.25) is 11.8 Å². The van der Waals surface area contributed by atoms with E-state index in [9.17, 15) is 9.59 Å². The van der Waals surface area contributed by atoms with E-state index in [-0.39, 0.29) is 24.9 Å². The Morgan fingerprint density at radius 2 is 2.29 bits per heavy atom. The van der Waals surface area contributed by atoms with Gasteiger partial charge in [-0.25, -0.2) is 0 Å². The second kappa shape index (κ2) is 6.73. The number of thiophene rings is 1. The molecule has 7 heteroatoms. The summed E-state index contributed by atoms with van der Waals surface area (Å²) in [5.74, 6) is -0.473. The Morgan fingerprint density at radius 3 is 2.82 bits per heavy atom. The van der Waals surface area contributed by atoms with Crippen LogP contribution in [-0.4, -0.2) is 36.9 Å². The maximum absolute atomic E-state index is 11.6. The minimum Gasteiger partial charge on any atom is -0.346 e. The summed E-state index contributed by atoms with van der Waals surface area (Å²) in [5, 5.41) is 4.42. The molecular formula is C10H14BrN3O2S. The van der Waals surface area contributed by atoms with Gasteiger partial charge in [0.1, 0.15) is 0 Å². The zero-order valence-corrected chi connectivity index (χ0v) is 11.8. The molecule has 94 valence electrons. The van der Waals surface area contributed by atoms with Crippen molar-refractivity contribution in [3.63, 3.8) is 0 Å². The monoisotopic (exact) mass is 319 g/mol. The number of carbonyl (C=O) groups excluding carboxylic acids is 2. The van der Waals surface area contributed by atoms with Gasteiger partial charge in [-0.3, -0.25) is 9.59 Å². The highest BCUT2D eigenvalue weighted by Gasteiger charge is 2.10. The Hall–Kier alpha value is -0.920. The maximum atomic E-state index is 11.6. The highest BCUT2D eigenvalue weighted by Crippen LogP contribution is 2.21. The van der Waals surface area contributed by atoms with Crippen molar-refractivity contribution in [2.45, 2.75) is 6.54 Å². The summed E-state index contributed by atoms with van der Waals surface area (Å²) in [7, 11) is 1.70. The van der Waals surface area contributed by atoms with Gasteiger partial charge in [-0.05, 0) is 32.9 Å². The van der Waals surface area contributed by atoms with Crippen LogP contribution in [-0.2, 0) is 16.1 Å². The second-order valence-electron chi connectivity index (χ2n) is 3.49. The van der Waals surface area contributed by atoms with E-state index in [1.165, 1.54) is 0 Å². The van der Waals surface area contributed by atoms with Crippen molar-refractivity contribution >= 4 is 39.1 Å². The summed E-state index contributed by atoms with van der Waals surface area (Å²) in [5.41, 5.74) is 6.18. The van der Waals surface area contributed by atoms with Gasteiger partial charge in [-0.1, -0.05) is 0 Å². The Kier molecular flexibility index (Phi) is 5.60. The van der Waals surface area contributed by atoms with Gasteiger partial charge in [0.25, 0.3) is 0 Å². The molecule has 2 amide bonds. The minimum absolute atomic E-state index is 0.0160. The number of nitrogens with zero attached hydrogens (tertiary/aromatic N) is 1. The molecule has 0 aromatic carbocycles. The topological polar surface area (TPSA) is 75.4 Å². The van der Waals surface area contributed by atoms with Crippen LogP contribution in [0, 0.1) is 0 Å². The largest absolute Gasteiger partial charge is 0.346 e. The van der Waals surface area contributed by atoms with E-state index in [0.717, 1.165) is 9.35 Å². The molecule has 0 spiro atoms. The highest BCUT2D eigenvalue weighted by molar-refractivity contribution is 9.11. The van der Waals surface area contributed by atoms with Crippen LogP contribution in [0.4, 0.5) is 0 Å². The quantitative estimate of drug-likeness (QED) is 0.832. The molecule has 0 saturated heterocycles. The first-order chi connectivity index (χ1) is 8.02. The molecule has 0 atom stereocenters. The summed E-state index contributed by atoms with van der Waals surface area (Å²) < 4.78 is 1.03. The Bertz CT molecular complexity index is 408. The Balaban J connectivity index is 2.39. The van der Waals surface area contributed by atoms with Gasteiger partial charge in [0.05, 0.1) is 16.9 Å². The normalized spacial score (nSPS) is 10.1. The van der Waals surface area contributed by atoms with Gasteiger partial charge in [0.15, 0.2) is 0 Å². The van der Waals surface area contributed by atoms with Gasteiger partial charge < -0.3 is 16.0 Å². The number of amides is 2. The molecule has 0 unspecified atom stereocenters. The zero-order valence-electron chi connectivity index (χ0n) is 9.40. The number of halogens is 1. The molecule has 0 aliphatic rings. The summed E-state index contributed by atoms with van der Waals surface area (Å²) in [6.07, 6.45) is 0. The third-order valence-corrected chi connectivity index (χ3v) is 3.64. The van der Waals surface area contributed by atoms with E-state index in [4.69, 9.17) is 5.73 Å². The molecule has 0 saturated carbocycles. The molecule has 17 heavy (non-hydrogen) atoms. The molecule has 1 rings (SSSR count). The molecule has 0 radical (unpaired) electrons. The average Bonchev–Trinajstić information content (AvgIpc) is 2.70. The van der Waals surface area contributed by atoms with Gasteiger partial charge in [0, 0.05) is 13.6 Å². The van der Waals surface area contributed by atoms with Gasteiger partial charge in [-0.2, -0.15) is 0 Å². The lowest BCUT2D eigenvalue weighted by atomic mass is 10.3. The number of hydrogen-bond acceptors (Lipinski definition) is 4. The van der Waals surface area contributed by atoms with Crippen molar-refractivity contribution in [2.24, 2.45) is 5.73 Å². The van der Waals surface area contributed by atoms with Crippen molar-refractivity contribution in [3.8, 4) is 0 Å². The first-order valence-corrected chi connectivity index (χ1v) is 6.64. The average molecular weight is 320 g/mol. The van der Waals surface area contributed by atoms with E-state index in [0.29, 0.717) is 6.54 Å². The third-order valence-electron chi connectivity index (χ3n) is 2.09. The van der Waals surface area contributed by atoms with Gasteiger partial charge >= 0.3 is 0 Å². The summed E-state index contributed by atoms with van der Waals surface area (Å²) in [6, 6.07) is 1.97. The molecule has 0 fully saturated rings. The van der Waals surface area contributed by atoms with Crippen LogP contribution in [0.25, 0.3) is 0 Å². The van der Waals surface area contributed by atoms with Crippen molar-refractivity contribution in [3.05, 3.63) is 20.8 Å². The Labute approximate surface area is 112 Å². The summed E-state index contributed by atoms with van der Waals surface area (Å²) >= 11 is 4.93. The highest BCUT2D eigenvalue weighted by atomic mass is 79.9. The van der Waals surface area contributed by atoms with Crippen LogP contribution in [0.2, 0.25) is 0 Å². The third kappa shape index (κ3) is 4.84. The second-order valence-corrected chi connectivity index (χ2v) is 5.78. The minimum atomic E-state index is -0.329. The number of nitrogens with two attached hydrogens (primary N) is 1. The number of likely N-dealkylation sites (N-methyl/N-ethyl adjacent to an activating group) is 1. The number of nitrogens with one attached hydrogen (secondary N) is 1. The predicted octanol–water partition coefficient (Wildman–Crippen LogP) is 0.544. The summed E-state index contributed by atoms with van der Waals surface area (Å²) in [6.45, 7) is 0.408. The van der Waals surface area contributed by atoms with Crippen molar-refractivity contribution in [2.75, 3.05) is 20.1 Å². The molecule has 0 bridgehead atoms. The molecule has 3 N–H and O–H groups in total. The molecule has 5 nitrogen and oxygen atoms in total. The first kappa shape index (κ1) is 14.1. The van der Waals surface area contributed by atoms with E-state index >= 15 is 0 Å². The van der Waals surface area contributed by atoms with Crippen LogP contribution in [0.5, 0.6) is 0 Å². The molecule has 1 aromatic rings. The maximum Gasteiger partial charge on any atom is 0.242 e. The van der Waals surface area contributed by atoms with Gasteiger partial charge in [-0.15, -0.1) is 11.3 Å². The number of hydrogen-bond donors (Lipinski definition) is 2. The number of rotatable bonds is 5. The van der Waals surface area contributed by atoms with Crippen molar-refractivity contribution in [1.82, 2.24) is 10.2 Å². The molecule has 0 aliphatic heterocycles. The Morgan fingerprint density at radius 1 is 1.59 bits per heavy atom. The van der Waals surface area contributed by atoms with Crippen LogP contribution < -0.4 is 11.1 Å². The standard InChI is InChI=1S/C10H14BrN3O2S/c1-14(5-7-2-8(11)17-6-7)10(16)4-13-9(15)3-12/h2,6H,3-5,12H2,1H3,(H,13,15). The molecule has 0 aliphatic carbocycles. The van der Waals surface area contributed by atoms with Crippen LogP contribution in [0.1, 0.15) is 5.56 Å². The molecule has 1 aromatic heterocycles. The van der Waals surface area contributed by atoms with Crippen LogP contribution in [0.15, 0.2) is 15.2 Å².